The number of rotatable bonds is 7. The second-order valence-electron chi connectivity index (χ2n) is 18.9. The Hall–Kier alpha value is -8.85. The SMILES string of the molecule is Cc1cc(C)c(-c2ccc3c(c2)c2ccccc2n3-c2cc(C#N)cc(-n3c4ccccc4c4cc(-c5c(C)cc(C)cc5C)ccc43)c2-c2nc(-c3ccccc3)cc(-c3ccccc3)n2)c(C)c1. The Balaban J connectivity index is 1.22. The highest BCUT2D eigenvalue weighted by Gasteiger charge is 2.26. The van der Waals surface area contributed by atoms with Crippen LogP contribution in [0.4, 0.5) is 0 Å². The van der Waals surface area contributed by atoms with Gasteiger partial charge in [0.25, 0.3) is 0 Å². The van der Waals surface area contributed by atoms with Crippen LogP contribution >= 0.6 is 0 Å². The highest BCUT2D eigenvalue weighted by atomic mass is 15.0. The van der Waals surface area contributed by atoms with Gasteiger partial charge in [-0.2, -0.15) is 5.26 Å². The Labute approximate surface area is 408 Å². The average molecular weight is 900 g/mol. The van der Waals surface area contributed by atoms with E-state index in [9.17, 15) is 5.26 Å². The first-order valence-corrected chi connectivity index (χ1v) is 24.0. The molecule has 0 aliphatic heterocycles. The Morgan fingerprint density at radius 2 is 0.743 bits per heavy atom. The van der Waals surface area contributed by atoms with Crippen molar-refractivity contribution in [2.75, 3.05) is 0 Å². The van der Waals surface area contributed by atoms with E-state index in [0.29, 0.717) is 11.4 Å². The second kappa shape index (κ2) is 16.7. The minimum Gasteiger partial charge on any atom is -0.308 e. The summed E-state index contributed by atoms with van der Waals surface area (Å²) >= 11 is 0. The fraction of sp³-hybridized carbons (Fsp3) is 0.0923. The Kier molecular flexibility index (Phi) is 10.2. The molecule has 12 rings (SSSR count). The monoisotopic (exact) mass is 899 g/mol. The summed E-state index contributed by atoms with van der Waals surface area (Å²) in [7, 11) is 0. The van der Waals surface area contributed by atoms with Crippen LogP contribution in [-0.2, 0) is 0 Å². The van der Waals surface area contributed by atoms with Crippen LogP contribution < -0.4 is 0 Å². The fourth-order valence-corrected chi connectivity index (χ4v) is 11.4. The highest BCUT2D eigenvalue weighted by Crippen LogP contribution is 2.45. The highest BCUT2D eigenvalue weighted by molar-refractivity contribution is 6.13. The molecule has 0 N–H and O–H groups in total. The number of hydrogen-bond acceptors (Lipinski definition) is 3. The molecule has 0 amide bonds. The van der Waals surface area contributed by atoms with Gasteiger partial charge in [0.15, 0.2) is 5.82 Å². The molecule has 0 saturated heterocycles. The topological polar surface area (TPSA) is 59.4 Å². The molecule has 0 aliphatic rings. The van der Waals surface area contributed by atoms with Crippen LogP contribution in [-0.4, -0.2) is 19.1 Å². The van der Waals surface area contributed by atoms with Gasteiger partial charge in [-0.25, -0.2) is 9.97 Å². The third kappa shape index (κ3) is 6.99. The number of aryl methyl sites for hydroxylation is 6. The summed E-state index contributed by atoms with van der Waals surface area (Å²) in [6.07, 6.45) is 0. The largest absolute Gasteiger partial charge is 0.308 e. The zero-order chi connectivity index (χ0) is 47.8. The smallest absolute Gasteiger partial charge is 0.164 e. The van der Waals surface area contributed by atoms with E-state index in [1.54, 1.807) is 0 Å². The molecule has 0 unspecified atom stereocenters. The molecular formula is C65H49N5. The van der Waals surface area contributed by atoms with Crippen molar-refractivity contribution in [1.82, 2.24) is 19.1 Å². The Bertz CT molecular complexity index is 3830. The number of hydrogen-bond donors (Lipinski definition) is 0. The van der Waals surface area contributed by atoms with E-state index in [-0.39, 0.29) is 0 Å². The maximum Gasteiger partial charge on any atom is 0.164 e. The van der Waals surface area contributed by atoms with E-state index in [1.165, 1.54) is 55.6 Å². The first-order valence-electron chi connectivity index (χ1n) is 24.0. The van der Waals surface area contributed by atoms with Gasteiger partial charge in [0.2, 0.25) is 0 Å². The van der Waals surface area contributed by atoms with Gasteiger partial charge in [-0.15, -0.1) is 0 Å². The van der Waals surface area contributed by atoms with Gasteiger partial charge in [-0.1, -0.05) is 145 Å². The van der Waals surface area contributed by atoms with Gasteiger partial charge < -0.3 is 9.13 Å². The maximum absolute atomic E-state index is 11.1. The van der Waals surface area contributed by atoms with Gasteiger partial charge in [0.1, 0.15) is 0 Å². The number of nitriles is 1. The minimum absolute atomic E-state index is 0.526. The summed E-state index contributed by atoms with van der Waals surface area (Å²) in [6, 6.07) is 69.4. The van der Waals surface area contributed by atoms with E-state index in [4.69, 9.17) is 9.97 Å². The summed E-state index contributed by atoms with van der Waals surface area (Å²) in [6.45, 7) is 13.1. The first-order chi connectivity index (χ1) is 34.1. The van der Waals surface area contributed by atoms with E-state index < -0.39 is 0 Å². The molecule has 3 aromatic heterocycles. The predicted octanol–water partition coefficient (Wildman–Crippen LogP) is 16.7. The summed E-state index contributed by atoms with van der Waals surface area (Å²) < 4.78 is 4.66. The van der Waals surface area contributed by atoms with Crippen molar-refractivity contribution in [3.05, 3.63) is 227 Å². The molecule has 334 valence electrons. The van der Waals surface area contributed by atoms with Crippen LogP contribution in [0.15, 0.2) is 188 Å². The number of para-hydroxylation sites is 2. The lowest BCUT2D eigenvalue weighted by Gasteiger charge is -2.21. The zero-order valence-corrected chi connectivity index (χ0v) is 40.1. The molecule has 0 radical (unpaired) electrons. The summed E-state index contributed by atoms with van der Waals surface area (Å²) in [5.74, 6) is 0.552. The van der Waals surface area contributed by atoms with Crippen LogP contribution in [0.25, 0.3) is 111 Å². The van der Waals surface area contributed by atoms with Gasteiger partial charge in [-0.05, 0) is 141 Å². The number of nitrogens with zero attached hydrogens (tertiary/aromatic N) is 5. The Morgan fingerprint density at radius 3 is 1.16 bits per heavy atom. The lowest BCUT2D eigenvalue weighted by Crippen LogP contribution is -2.07. The first kappa shape index (κ1) is 42.5. The standard InChI is InChI=1S/C65H49N5/c1-39-29-41(3)62(42(4)30-39)48-25-27-58-52(35-48)50-21-13-15-23-56(50)69(58)60-33-45(38-66)34-61(64(60)65-67-54(46-17-9-7-10-18-46)37-55(68-65)47-19-11-8-12-20-47)70-57-24-16-14-22-51(57)53-36-49(26-28-59(53)70)63-43(5)31-40(2)32-44(63)6/h7-37H,1-6H3. The lowest BCUT2D eigenvalue weighted by atomic mass is 9.93. The quantitative estimate of drug-likeness (QED) is 0.160. The van der Waals surface area contributed by atoms with Gasteiger partial charge in [0.05, 0.1) is 62.0 Å². The molecule has 5 nitrogen and oxygen atoms in total. The molecule has 70 heavy (non-hydrogen) atoms. The molecule has 0 fully saturated rings. The summed E-state index contributed by atoms with van der Waals surface area (Å²) in [5.41, 5.74) is 23.0. The molecule has 0 spiro atoms. The van der Waals surface area contributed by atoms with Crippen molar-refractivity contribution in [2.24, 2.45) is 0 Å². The number of aromatic nitrogens is 4. The van der Waals surface area contributed by atoms with Crippen molar-refractivity contribution in [3.63, 3.8) is 0 Å². The molecule has 0 atom stereocenters. The number of fused-ring (bicyclic) bond motifs is 6. The Morgan fingerprint density at radius 1 is 0.357 bits per heavy atom. The van der Waals surface area contributed by atoms with Crippen LogP contribution in [0.3, 0.4) is 0 Å². The summed E-state index contributed by atoms with van der Waals surface area (Å²) in [5, 5.41) is 15.6. The molecular weight excluding hydrogens is 851 g/mol. The molecule has 12 aromatic rings. The van der Waals surface area contributed by atoms with Crippen LogP contribution in [0.1, 0.15) is 38.9 Å². The van der Waals surface area contributed by atoms with Gasteiger partial charge >= 0.3 is 0 Å². The van der Waals surface area contributed by atoms with Crippen LogP contribution in [0.5, 0.6) is 0 Å². The van der Waals surface area contributed by atoms with E-state index in [0.717, 1.165) is 83.1 Å². The third-order valence-electron chi connectivity index (χ3n) is 14.1. The van der Waals surface area contributed by atoms with E-state index in [1.807, 2.05) is 24.3 Å². The fourth-order valence-electron chi connectivity index (χ4n) is 11.4. The molecule has 3 heterocycles. The van der Waals surface area contributed by atoms with Crippen LogP contribution in [0.2, 0.25) is 0 Å². The molecule has 0 aliphatic carbocycles. The van der Waals surface area contributed by atoms with Crippen molar-refractivity contribution < 1.29 is 0 Å². The lowest BCUT2D eigenvalue weighted by molar-refractivity contribution is 1.10. The average Bonchev–Trinajstić information content (AvgIpc) is 3.88. The normalized spacial score (nSPS) is 11.6. The molecule has 0 saturated carbocycles. The van der Waals surface area contributed by atoms with E-state index in [2.05, 4.69) is 221 Å². The molecule has 0 bridgehead atoms. The van der Waals surface area contributed by atoms with Crippen molar-refractivity contribution in [1.29, 1.82) is 5.26 Å². The zero-order valence-electron chi connectivity index (χ0n) is 40.1. The third-order valence-corrected chi connectivity index (χ3v) is 14.1. The maximum atomic E-state index is 11.1. The van der Waals surface area contributed by atoms with E-state index >= 15 is 0 Å². The summed E-state index contributed by atoms with van der Waals surface area (Å²) in [4.78, 5) is 11.1. The van der Waals surface area contributed by atoms with Gasteiger partial charge in [0, 0.05) is 32.7 Å². The minimum atomic E-state index is 0.526. The predicted molar refractivity (Wildman–Crippen MR) is 291 cm³/mol. The second-order valence-corrected chi connectivity index (χ2v) is 18.9. The van der Waals surface area contributed by atoms with Crippen LogP contribution in [0, 0.1) is 52.9 Å². The van der Waals surface area contributed by atoms with Crippen molar-refractivity contribution >= 4 is 43.6 Å². The molecule has 5 heteroatoms. The number of benzene rings is 9. The van der Waals surface area contributed by atoms with Gasteiger partial charge in [-0.3, -0.25) is 0 Å². The molecule has 9 aromatic carbocycles. The van der Waals surface area contributed by atoms with Crippen molar-refractivity contribution in [2.45, 2.75) is 41.5 Å². The van der Waals surface area contributed by atoms with Crippen molar-refractivity contribution in [3.8, 4) is 73.6 Å².